The lowest BCUT2D eigenvalue weighted by Gasteiger charge is -2.17. The Morgan fingerprint density at radius 3 is 3.00 bits per heavy atom. The Morgan fingerprint density at radius 2 is 2.22 bits per heavy atom. The van der Waals surface area contributed by atoms with E-state index in [0.29, 0.717) is 5.92 Å². The highest BCUT2D eigenvalue weighted by atomic mass is 16.5. The van der Waals surface area contributed by atoms with Gasteiger partial charge >= 0.3 is 0 Å². The zero-order chi connectivity index (χ0) is 12.4. The van der Waals surface area contributed by atoms with Gasteiger partial charge in [-0.1, -0.05) is 12.8 Å². The zero-order valence-electron chi connectivity index (χ0n) is 11.2. The quantitative estimate of drug-likeness (QED) is 0.885. The first-order chi connectivity index (χ1) is 8.90. The lowest BCUT2D eigenvalue weighted by atomic mass is 10.1. The summed E-state index contributed by atoms with van der Waals surface area (Å²) in [6, 6.07) is 0. The SMILES string of the molecule is COCCn1c(C2CCCC2)nc2c1CCNC2. The van der Waals surface area contributed by atoms with Crippen LogP contribution in [0.4, 0.5) is 0 Å². The van der Waals surface area contributed by atoms with Gasteiger partial charge in [0.1, 0.15) is 5.82 Å². The van der Waals surface area contributed by atoms with Crippen molar-refractivity contribution in [1.82, 2.24) is 14.9 Å². The molecule has 0 atom stereocenters. The summed E-state index contributed by atoms with van der Waals surface area (Å²) in [5.41, 5.74) is 2.73. The second-order valence-corrected chi connectivity index (χ2v) is 5.42. The van der Waals surface area contributed by atoms with Crippen molar-refractivity contribution in [2.24, 2.45) is 0 Å². The molecule has 0 radical (unpaired) electrons. The minimum absolute atomic E-state index is 0.687. The van der Waals surface area contributed by atoms with Crippen LogP contribution in [0.2, 0.25) is 0 Å². The van der Waals surface area contributed by atoms with Gasteiger partial charge in [-0.05, 0) is 12.8 Å². The van der Waals surface area contributed by atoms with Gasteiger partial charge in [-0.25, -0.2) is 4.98 Å². The van der Waals surface area contributed by atoms with E-state index in [-0.39, 0.29) is 0 Å². The smallest absolute Gasteiger partial charge is 0.112 e. The maximum Gasteiger partial charge on any atom is 0.112 e. The third kappa shape index (κ3) is 2.19. The van der Waals surface area contributed by atoms with E-state index in [1.165, 1.54) is 42.9 Å². The second-order valence-electron chi connectivity index (χ2n) is 5.42. The van der Waals surface area contributed by atoms with Gasteiger partial charge in [0.2, 0.25) is 0 Å². The predicted molar refractivity (Wildman–Crippen MR) is 70.7 cm³/mol. The molecule has 0 saturated heterocycles. The van der Waals surface area contributed by atoms with Crippen LogP contribution in [0.3, 0.4) is 0 Å². The van der Waals surface area contributed by atoms with Gasteiger partial charge in [0.15, 0.2) is 0 Å². The van der Waals surface area contributed by atoms with Crippen molar-refractivity contribution in [1.29, 1.82) is 0 Å². The Labute approximate surface area is 109 Å². The lowest BCUT2D eigenvalue weighted by Crippen LogP contribution is -2.25. The predicted octanol–water partition coefficient (Wildman–Crippen LogP) is 1.83. The number of nitrogens with one attached hydrogen (secondary N) is 1. The fourth-order valence-corrected chi connectivity index (χ4v) is 3.32. The molecule has 1 aliphatic carbocycles. The fourth-order valence-electron chi connectivity index (χ4n) is 3.32. The van der Waals surface area contributed by atoms with Crippen molar-refractivity contribution < 1.29 is 4.74 Å². The highest BCUT2D eigenvalue weighted by Crippen LogP contribution is 2.35. The van der Waals surface area contributed by atoms with Crippen LogP contribution in [0, 0.1) is 0 Å². The molecule has 4 nitrogen and oxygen atoms in total. The number of nitrogens with zero attached hydrogens (tertiary/aromatic N) is 2. The topological polar surface area (TPSA) is 39.1 Å². The Kier molecular flexibility index (Phi) is 3.66. The van der Waals surface area contributed by atoms with E-state index in [1.54, 1.807) is 7.11 Å². The third-order valence-corrected chi connectivity index (χ3v) is 4.26. The molecule has 2 aliphatic rings. The Morgan fingerprint density at radius 1 is 1.39 bits per heavy atom. The van der Waals surface area contributed by atoms with Crippen LogP contribution in [0.1, 0.15) is 48.8 Å². The first-order valence-electron chi connectivity index (χ1n) is 7.18. The van der Waals surface area contributed by atoms with Crippen molar-refractivity contribution in [3.63, 3.8) is 0 Å². The van der Waals surface area contributed by atoms with Crippen LogP contribution >= 0.6 is 0 Å². The van der Waals surface area contributed by atoms with Crippen LogP contribution in [0.25, 0.3) is 0 Å². The maximum atomic E-state index is 5.26. The Hall–Kier alpha value is -0.870. The Balaban J connectivity index is 1.92. The van der Waals surface area contributed by atoms with Gasteiger partial charge in [-0.3, -0.25) is 0 Å². The highest BCUT2D eigenvalue weighted by Gasteiger charge is 2.26. The van der Waals surface area contributed by atoms with E-state index in [1.807, 2.05) is 0 Å². The van der Waals surface area contributed by atoms with E-state index in [2.05, 4.69) is 9.88 Å². The average molecular weight is 249 g/mol. The van der Waals surface area contributed by atoms with Crippen molar-refractivity contribution in [3.8, 4) is 0 Å². The van der Waals surface area contributed by atoms with Gasteiger partial charge in [0.05, 0.1) is 12.3 Å². The molecule has 1 aromatic heterocycles. The van der Waals surface area contributed by atoms with E-state index in [4.69, 9.17) is 9.72 Å². The highest BCUT2D eigenvalue weighted by molar-refractivity contribution is 5.22. The maximum absolute atomic E-state index is 5.26. The lowest BCUT2D eigenvalue weighted by molar-refractivity contribution is 0.185. The summed E-state index contributed by atoms with van der Waals surface area (Å²) >= 11 is 0. The summed E-state index contributed by atoms with van der Waals surface area (Å²) in [6.45, 7) is 3.77. The minimum atomic E-state index is 0.687. The van der Waals surface area contributed by atoms with Crippen molar-refractivity contribution in [2.45, 2.75) is 51.1 Å². The third-order valence-electron chi connectivity index (χ3n) is 4.26. The first kappa shape index (κ1) is 12.2. The van der Waals surface area contributed by atoms with Gasteiger partial charge in [0.25, 0.3) is 0 Å². The van der Waals surface area contributed by atoms with Crippen LogP contribution < -0.4 is 5.32 Å². The molecule has 1 saturated carbocycles. The van der Waals surface area contributed by atoms with Crippen LogP contribution in [-0.2, 0) is 24.2 Å². The normalized spacial score (nSPS) is 20.3. The van der Waals surface area contributed by atoms with Crippen molar-refractivity contribution in [3.05, 3.63) is 17.2 Å². The molecule has 2 heterocycles. The van der Waals surface area contributed by atoms with Gasteiger partial charge in [0, 0.05) is 44.8 Å². The fraction of sp³-hybridized carbons (Fsp3) is 0.786. The summed E-state index contributed by atoms with van der Waals surface area (Å²) in [5.74, 6) is 2.02. The number of hydrogen-bond acceptors (Lipinski definition) is 3. The molecule has 0 unspecified atom stereocenters. The number of aromatic nitrogens is 2. The molecule has 4 heteroatoms. The molecule has 1 aliphatic heterocycles. The van der Waals surface area contributed by atoms with E-state index < -0.39 is 0 Å². The summed E-state index contributed by atoms with van der Waals surface area (Å²) < 4.78 is 7.71. The molecule has 0 bridgehead atoms. The zero-order valence-corrected chi connectivity index (χ0v) is 11.2. The Bertz CT molecular complexity index is 407. The number of ether oxygens (including phenoxy) is 1. The van der Waals surface area contributed by atoms with Crippen LogP contribution in [-0.4, -0.2) is 29.8 Å². The molecular formula is C14H23N3O. The number of fused-ring (bicyclic) bond motifs is 1. The first-order valence-corrected chi connectivity index (χ1v) is 7.18. The van der Waals surface area contributed by atoms with E-state index in [9.17, 15) is 0 Å². The molecule has 0 amide bonds. The molecule has 3 rings (SSSR count). The number of methoxy groups -OCH3 is 1. The van der Waals surface area contributed by atoms with Crippen LogP contribution in [0.5, 0.6) is 0 Å². The van der Waals surface area contributed by atoms with Crippen molar-refractivity contribution >= 4 is 0 Å². The van der Waals surface area contributed by atoms with Crippen molar-refractivity contribution in [2.75, 3.05) is 20.3 Å². The minimum Gasteiger partial charge on any atom is -0.383 e. The largest absolute Gasteiger partial charge is 0.383 e. The molecule has 0 spiro atoms. The molecule has 1 N–H and O–H groups in total. The van der Waals surface area contributed by atoms with Crippen LogP contribution in [0.15, 0.2) is 0 Å². The molecular weight excluding hydrogens is 226 g/mol. The molecule has 100 valence electrons. The summed E-state index contributed by atoms with van der Waals surface area (Å²) in [6.07, 6.45) is 6.47. The van der Waals surface area contributed by atoms with E-state index in [0.717, 1.165) is 32.7 Å². The second kappa shape index (κ2) is 5.41. The average Bonchev–Trinajstić information content (AvgIpc) is 3.03. The molecule has 18 heavy (non-hydrogen) atoms. The summed E-state index contributed by atoms with van der Waals surface area (Å²) in [5, 5.41) is 3.42. The summed E-state index contributed by atoms with van der Waals surface area (Å²) in [7, 11) is 1.78. The van der Waals surface area contributed by atoms with E-state index >= 15 is 0 Å². The number of imidazole rings is 1. The number of rotatable bonds is 4. The van der Waals surface area contributed by atoms with Gasteiger partial charge < -0.3 is 14.6 Å². The molecule has 1 fully saturated rings. The number of hydrogen-bond donors (Lipinski definition) is 1. The molecule has 0 aromatic carbocycles. The molecule has 1 aromatic rings. The summed E-state index contributed by atoms with van der Waals surface area (Å²) in [4.78, 5) is 4.93. The standard InChI is InChI=1S/C14H23N3O/c1-18-9-8-17-13-6-7-15-10-12(13)16-14(17)11-4-2-3-5-11/h11,15H,2-10H2,1H3. The monoisotopic (exact) mass is 249 g/mol. The van der Waals surface area contributed by atoms with Gasteiger partial charge in [-0.15, -0.1) is 0 Å². The van der Waals surface area contributed by atoms with Gasteiger partial charge in [-0.2, -0.15) is 0 Å².